The molecule has 1 N–H and O–H groups in total. The number of rotatable bonds is 14. The second kappa shape index (κ2) is 13.6. The molecule has 1 aliphatic heterocycles. The lowest BCUT2D eigenvalue weighted by atomic mass is 9.98. The molecule has 6 nitrogen and oxygen atoms in total. The molecule has 0 unspecified atom stereocenters. The van der Waals surface area contributed by atoms with Gasteiger partial charge >= 0.3 is 5.97 Å². The molecule has 2 atom stereocenters. The molecule has 1 saturated heterocycles. The number of carboxylic acid groups (broad SMARTS) is 1. The second-order valence-corrected chi connectivity index (χ2v) is 9.92. The number of thiocarbonyl (C=S) groups is 1. The lowest BCUT2D eigenvalue weighted by Gasteiger charge is -2.27. The zero-order chi connectivity index (χ0) is 24.4. The van der Waals surface area contributed by atoms with Crippen molar-refractivity contribution in [3.63, 3.8) is 0 Å². The van der Waals surface area contributed by atoms with Crippen molar-refractivity contribution in [1.29, 1.82) is 0 Å². The van der Waals surface area contributed by atoms with Crippen LogP contribution < -0.4 is 9.47 Å². The van der Waals surface area contributed by atoms with E-state index < -0.39 is 12.0 Å². The number of thioether (sulfide) groups is 1. The molecule has 1 aromatic rings. The zero-order valence-electron chi connectivity index (χ0n) is 20.0. The van der Waals surface area contributed by atoms with Crippen molar-refractivity contribution in [3.05, 3.63) is 28.7 Å². The van der Waals surface area contributed by atoms with E-state index in [0.717, 1.165) is 30.2 Å². The van der Waals surface area contributed by atoms with Gasteiger partial charge in [-0.1, -0.05) is 89.3 Å². The number of benzene rings is 1. The van der Waals surface area contributed by atoms with Crippen LogP contribution in [0, 0.1) is 5.92 Å². The molecule has 1 fully saturated rings. The molecular weight excluding hydrogens is 458 g/mol. The maximum absolute atomic E-state index is 13.0. The largest absolute Gasteiger partial charge is 0.493 e. The molecule has 0 spiro atoms. The minimum Gasteiger partial charge on any atom is -0.493 e. The van der Waals surface area contributed by atoms with Gasteiger partial charge in [-0.05, 0) is 36.1 Å². The highest BCUT2D eigenvalue weighted by Gasteiger charge is 2.42. The van der Waals surface area contributed by atoms with E-state index in [0.29, 0.717) is 29.4 Å². The van der Waals surface area contributed by atoms with E-state index in [1.165, 1.54) is 30.6 Å². The highest BCUT2D eigenvalue weighted by molar-refractivity contribution is 8.26. The quantitative estimate of drug-likeness (QED) is 0.190. The number of hydrogen-bond donors (Lipinski definition) is 1. The van der Waals surface area contributed by atoms with Crippen LogP contribution in [0.5, 0.6) is 11.5 Å². The Kier molecular flexibility index (Phi) is 11.2. The first-order valence-electron chi connectivity index (χ1n) is 11.6. The van der Waals surface area contributed by atoms with Crippen molar-refractivity contribution in [2.75, 3.05) is 13.7 Å². The van der Waals surface area contributed by atoms with Gasteiger partial charge in [0.15, 0.2) is 11.5 Å². The Morgan fingerprint density at radius 2 is 1.88 bits per heavy atom. The van der Waals surface area contributed by atoms with Crippen molar-refractivity contribution < 1.29 is 24.2 Å². The molecule has 2 rings (SSSR count). The molecule has 0 aromatic heterocycles. The van der Waals surface area contributed by atoms with E-state index in [1.54, 1.807) is 13.2 Å². The standard InChI is InChI=1S/C25H35NO5S2/c1-5-7-8-9-10-11-14-31-19-13-12-18(15-20(19)30-4)16-21-23(27)26(25(32)33-21)22(24(28)29)17(3)6-2/h12-13,15-17,22H,5-11,14H2,1-4H3,(H,28,29)/b21-16-/t17-,22-/m1/s1. The van der Waals surface area contributed by atoms with Crippen LogP contribution in [0.4, 0.5) is 0 Å². The normalized spacial score (nSPS) is 16.8. The molecule has 0 radical (unpaired) electrons. The van der Waals surface area contributed by atoms with Crippen molar-refractivity contribution >= 4 is 46.3 Å². The summed E-state index contributed by atoms with van der Waals surface area (Å²) in [4.78, 5) is 26.5. The third-order valence-corrected chi connectivity index (χ3v) is 7.11. The van der Waals surface area contributed by atoms with Crippen molar-refractivity contribution in [1.82, 2.24) is 4.90 Å². The van der Waals surface area contributed by atoms with E-state index >= 15 is 0 Å². The minimum atomic E-state index is -1.05. The summed E-state index contributed by atoms with van der Waals surface area (Å²) in [6.07, 6.45) is 9.51. The van der Waals surface area contributed by atoms with Gasteiger partial charge in [-0.3, -0.25) is 9.69 Å². The lowest BCUT2D eigenvalue weighted by Crippen LogP contribution is -2.47. The Bertz CT molecular complexity index is 870. The maximum Gasteiger partial charge on any atom is 0.327 e. The van der Waals surface area contributed by atoms with Crippen LogP contribution in [0.25, 0.3) is 6.08 Å². The number of carbonyl (C=O) groups is 2. The molecule has 1 amide bonds. The zero-order valence-corrected chi connectivity index (χ0v) is 21.6. The molecule has 1 aliphatic rings. The molecule has 33 heavy (non-hydrogen) atoms. The van der Waals surface area contributed by atoms with Crippen LogP contribution in [0.15, 0.2) is 23.1 Å². The van der Waals surface area contributed by atoms with Crippen LogP contribution in [0.3, 0.4) is 0 Å². The number of ether oxygens (including phenoxy) is 2. The predicted octanol–water partition coefficient (Wildman–Crippen LogP) is 6.14. The molecule has 1 heterocycles. The highest BCUT2D eigenvalue weighted by Crippen LogP contribution is 2.37. The highest BCUT2D eigenvalue weighted by atomic mass is 32.2. The summed E-state index contributed by atoms with van der Waals surface area (Å²) in [6.45, 7) is 6.55. The fourth-order valence-corrected chi connectivity index (χ4v) is 4.99. The third-order valence-electron chi connectivity index (χ3n) is 5.78. The summed E-state index contributed by atoms with van der Waals surface area (Å²) in [5.41, 5.74) is 0.759. The lowest BCUT2D eigenvalue weighted by molar-refractivity contribution is -0.147. The molecule has 0 aliphatic carbocycles. The van der Waals surface area contributed by atoms with Crippen LogP contribution in [-0.2, 0) is 9.59 Å². The number of methoxy groups -OCH3 is 1. The van der Waals surface area contributed by atoms with Gasteiger partial charge in [0.1, 0.15) is 10.4 Å². The minimum absolute atomic E-state index is 0.215. The Labute approximate surface area is 206 Å². The molecule has 8 heteroatoms. The number of aliphatic carboxylic acids is 1. The van der Waals surface area contributed by atoms with Crippen LogP contribution in [-0.4, -0.2) is 46.0 Å². The van der Waals surface area contributed by atoms with E-state index in [2.05, 4.69) is 6.92 Å². The van der Waals surface area contributed by atoms with Crippen molar-refractivity contribution in [2.24, 2.45) is 5.92 Å². The van der Waals surface area contributed by atoms with Gasteiger partial charge in [-0.15, -0.1) is 0 Å². The summed E-state index contributed by atoms with van der Waals surface area (Å²) in [7, 11) is 1.58. The Hall–Kier alpha value is -2.06. The maximum atomic E-state index is 13.0. The fourth-order valence-electron chi connectivity index (χ4n) is 3.66. The van der Waals surface area contributed by atoms with Crippen LogP contribution in [0.1, 0.15) is 71.3 Å². The van der Waals surface area contributed by atoms with Crippen molar-refractivity contribution in [3.8, 4) is 11.5 Å². The number of nitrogens with zero attached hydrogens (tertiary/aromatic N) is 1. The third kappa shape index (κ3) is 7.47. The monoisotopic (exact) mass is 493 g/mol. The Morgan fingerprint density at radius 1 is 1.18 bits per heavy atom. The summed E-state index contributed by atoms with van der Waals surface area (Å²) >= 11 is 6.48. The Morgan fingerprint density at radius 3 is 2.52 bits per heavy atom. The summed E-state index contributed by atoms with van der Waals surface area (Å²) in [6, 6.07) is 4.53. The number of unbranched alkanes of at least 4 members (excludes halogenated alkanes) is 5. The number of carbonyl (C=O) groups excluding carboxylic acids is 1. The average molecular weight is 494 g/mol. The van der Waals surface area contributed by atoms with Gasteiger partial charge in [0.05, 0.1) is 18.6 Å². The topological polar surface area (TPSA) is 76.1 Å². The summed E-state index contributed by atoms with van der Waals surface area (Å²) in [5.74, 6) is -0.380. The molecule has 1 aromatic carbocycles. The van der Waals surface area contributed by atoms with E-state index in [1.807, 2.05) is 32.0 Å². The number of amides is 1. The van der Waals surface area contributed by atoms with Gasteiger partial charge in [-0.2, -0.15) is 0 Å². The molecular formula is C25H35NO5S2. The first-order valence-corrected chi connectivity index (χ1v) is 12.9. The van der Waals surface area contributed by atoms with E-state index in [-0.39, 0.29) is 16.1 Å². The Balaban J connectivity index is 2.08. The SMILES string of the molecule is CCCCCCCCOc1ccc(/C=C2\SC(=S)N([C@@H](C(=O)O)[C@H](C)CC)C2=O)cc1OC. The number of hydrogen-bond acceptors (Lipinski definition) is 6. The molecule has 0 saturated carbocycles. The van der Waals surface area contributed by atoms with Crippen LogP contribution >= 0.6 is 24.0 Å². The smallest absolute Gasteiger partial charge is 0.327 e. The van der Waals surface area contributed by atoms with Gasteiger partial charge in [-0.25, -0.2) is 4.79 Å². The second-order valence-electron chi connectivity index (χ2n) is 8.25. The summed E-state index contributed by atoms with van der Waals surface area (Å²) < 4.78 is 11.7. The first-order chi connectivity index (χ1) is 15.8. The van der Waals surface area contributed by atoms with Gasteiger partial charge < -0.3 is 14.6 Å². The van der Waals surface area contributed by atoms with Gasteiger partial charge in [0.2, 0.25) is 0 Å². The first kappa shape index (κ1) is 27.2. The van der Waals surface area contributed by atoms with Gasteiger partial charge in [0, 0.05) is 0 Å². The van der Waals surface area contributed by atoms with E-state index in [9.17, 15) is 14.7 Å². The van der Waals surface area contributed by atoms with E-state index in [4.69, 9.17) is 21.7 Å². The molecule has 182 valence electrons. The number of carboxylic acids is 1. The molecule has 0 bridgehead atoms. The average Bonchev–Trinajstić information content (AvgIpc) is 3.06. The summed E-state index contributed by atoms with van der Waals surface area (Å²) in [5, 5.41) is 9.68. The predicted molar refractivity (Wildman–Crippen MR) is 138 cm³/mol. The fraction of sp³-hybridized carbons (Fsp3) is 0.560. The van der Waals surface area contributed by atoms with Gasteiger partial charge in [0.25, 0.3) is 5.91 Å². The van der Waals surface area contributed by atoms with Crippen molar-refractivity contribution in [2.45, 2.75) is 71.8 Å². The van der Waals surface area contributed by atoms with Crippen LogP contribution in [0.2, 0.25) is 0 Å².